The molecule has 4 heavy (non-hydrogen) atoms. The zero-order valence-electron chi connectivity index (χ0n) is 1.52. The van der Waals surface area contributed by atoms with Crippen LogP contribution in [0, 0.1) is 12.5 Å². The Hall–Kier alpha value is 0.620. The summed E-state index contributed by atoms with van der Waals surface area (Å²) in [6.45, 7) is 0. The molecule has 1 N–H and O–H groups in total. The molecule has 0 fully saturated rings. The van der Waals surface area contributed by atoms with Gasteiger partial charge < -0.3 is 5.11 Å². The third-order valence-electron chi connectivity index (χ3n) is 0. The molecule has 0 heterocycles. The number of rotatable bonds is 0. The van der Waals surface area contributed by atoms with Crippen LogP contribution in [0.3, 0.4) is 0 Å². The molecule has 0 bridgehead atoms. The van der Waals surface area contributed by atoms with Gasteiger partial charge in [0.05, 0.1) is 0 Å². The number of hydrogen-bond donors (Lipinski definition) is 1. The van der Waals surface area contributed by atoms with Crippen LogP contribution in [0.1, 0.15) is 0 Å². The molecule has 0 aliphatic heterocycles. The second-order valence-corrected chi connectivity index (χ2v) is 0.129. The standard InChI is InChI=1S/C2H2O.Ca.2H/c1-2-3;;;/h1,3H;;;. The molecule has 0 spiro atoms. The average Bonchev–Trinajstić information content (AvgIpc) is 0.918. The second-order valence-electron chi connectivity index (χ2n) is 0.129. The summed E-state index contributed by atoms with van der Waals surface area (Å²) in [6.07, 6.45) is 5.40. The molecule has 0 aliphatic carbocycles. The third-order valence-corrected chi connectivity index (χ3v) is 0. The van der Waals surface area contributed by atoms with Crippen LogP contribution >= 0.6 is 0 Å². The predicted molar refractivity (Wildman–Crippen MR) is 19.3 cm³/mol. The molecule has 0 saturated heterocycles. The molecule has 1 nitrogen and oxygen atoms in total. The van der Waals surface area contributed by atoms with Gasteiger partial charge in [-0.3, -0.25) is 0 Å². The molecule has 0 aliphatic rings. The first-order chi connectivity index (χ1) is 1.41. The Labute approximate surface area is 55.0 Å². The van der Waals surface area contributed by atoms with Crippen molar-refractivity contribution in [1.82, 2.24) is 0 Å². The Kier molecular flexibility index (Phi) is 20.9. The van der Waals surface area contributed by atoms with Crippen LogP contribution in [-0.2, 0) is 0 Å². The molecule has 0 aromatic heterocycles. The second kappa shape index (κ2) is 9.47. The first kappa shape index (κ1) is 8.82. The Morgan fingerprint density at radius 3 is 1.75 bits per heavy atom. The molecule has 0 saturated carbocycles. The molecule has 20 valence electrons. The van der Waals surface area contributed by atoms with Crippen molar-refractivity contribution in [3.8, 4) is 12.5 Å². The fourth-order valence-electron chi connectivity index (χ4n) is 0. The van der Waals surface area contributed by atoms with Crippen LogP contribution in [0.15, 0.2) is 0 Å². The number of aliphatic hydroxyl groups excluding tert-OH is 1. The molecule has 0 amide bonds. The average molecular weight is 84.1 g/mol. The predicted octanol–water partition coefficient (Wildman–Crippen LogP) is -0.967. The van der Waals surface area contributed by atoms with E-state index in [1.54, 1.807) is 0 Å². The number of hydrogen-bond acceptors (Lipinski definition) is 1. The van der Waals surface area contributed by atoms with E-state index in [4.69, 9.17) is 5.11 Å². The Morgan fingerprint density at radius 1 is 1.75 bits per heavy atom. The molecule has 0 aromatic rings. The van der Waals surface area contributed by atoms with Gasteiger partial charge in [-0.25, -0.2) is 0 Å². The summed E-state index contributed by atoms with van der Waals surface area (Å²) in [6, 6.07) is 0. The van der Waals surface area contributed by atoms with E-state index in [2.05, 4.69) is 6.42 Å². The van der Waals surface area contributed by atoms with Gasteiger partial charge in [-0.2, -0.15) is 0 Å². The quantitative estimate of drug-likeness (QED) is 0.296. The van der Waals surface area contributed by atoms with Gasteiger partial charge >= 0.3 is 37.7 Å². The molecule has 0 rings (SSSR count). The molecule has 0 aromatic carbocycles. The van der Waals surface area contributed by atoms with Gasteiger partial charge in [0.15, 0.2) is 0 Å². The summed E-state index contributed by atoms with van der Waals surface area (Å²) in [5.41, 5.74) is 0. The summed E-state index contributed by atoms with van der Waals surface area (Å²) >= 11 is 0. The summed E-state index contributed by atoms with van der Waals surface area (Å²) in [7, 11) is 0. The van der Waals surface area contributed by atoms with Crippen LogP contribution < -0.4 is 0 Å². The van der Waals surface area contributed by atoms with E-state index in [1.165, 1.54) is 6.11 Å². The third kappa shape index (κ3) is 17.9. The van der Waals surface area contributed by atoms with Crippen LogP contribution in [0.2, 0.25) is 0 Å². The van der Waals surface area contributed by atoms with E-state index in [0.717, 1.165) is 0 Å². The molecular weight excluding hydrogens is 80.1 g/mol. The van der Waals surface area contributed by atoms with Gasteiger partial charge in [0.1, 0.15) is 6.11 Å². The van der Waals surface area contributed by atoms with Crippen LogP contribution in [-0.4, -0.2) is 42.8 Å². The van der Waals surface area contributed by atoms with E-state index < -0.39 is 0 Å². The van der Waals surface area contributed by atoms with E-state index in [1.807, 2.05) is 0 Å². The van der Waals surface area contributed by atoms with Crippen molar-refractivity contribution >= 4 is 37.7 Å². The van der Waals surface area contributed by atoms with E-state index >= 15 is 0 Å². The number of aliphatic hydroxyl groups is 1. The molecule has 2 heteroatoms. The van der Waals surface area contributed by atoms with Gasteiger partial charge in [-0.15, -0.1) is 0 Å². The van der Waals surface area contributed by atoms with Crippen LogP contribution in [0.5, 0.6) is 0 Å². The van der Waals surface area contributed by atoms with Crippen molar-refractivity contribution in [2.24, 2.45) is 0 Å². The fraction of sp³-hybridized carbons (Fsp3) is 0. The SMILES string of the molecule is C#CO.[CaH2]. The van der Waals surface area contributed by atoms with Gasteiger partial charge in [0, 0.05) is 0 Å². The maximum absolute atomic E-state index is 7.10. The summed E-state index contributed by atoms with van der Waals surface area (Å²) in [4.78, 5) is 0. The zero-order chi connectivity index (χ0) is 2.71. The zero-order valence-corrected chi connectivity index (χ0v) is 1.52. The topological polar surface area (TPSA) is 20.2 Å². The fourth-order valence-corrected chi connectivity index (χ4v) is 0. The molecule has 0 radical (unpaired) electrons. The monoisotopic (exact) mass is 84.0 g/mol. The van der Waals surface area contributed by atoms with Crippen molar-refractivity contribution in [1.29, 1.82) is 0 Å². The van der Waals surface area contributed by atoms with Gasteiger partial charge in [0.2, 0.25) is 0 Å². The van der Waals surface area contributed by atoms with Crippen molar-refractivity contribution in [2.75, 3.05) is 0 Å². The van der Waals surface area contributed by atoms with Crippen molar-refractivity contribution in [3.05, 3.63) is 0 Å². The summed E-state index contributed by atoms with van der Waals surface area (Å²) in [5.74, 6) is 0. The Bertz CT molecular complexity index is 27.5. The minimum atomic E-state index is 0. The minimum absolute atomic E-state index is 0. The van der Waals surface area contributed by atoms with Crippen molar-refractivity contribution < 1.29 is 5.11 Å². The Balaban J connectivity index is 0. The van der Waals surface area contributed by atoms with Gasteiger partial charge in [-0.05, 0) is 0 Å². The van der Waals surface area contributed by atoms with E-state index in [9.17, 15) is 0 Å². The van der Waals surface area contributed by atoms with E-state index in [-0.39, 0.29) is 37.7 Å². The normalized spacial score (nSPS) is 1.75. The number of terminal acetylenes is 1. The molecule has 0 atom stereocenters. The molecule has 0 unspecified atom stereocenters. The van der Waals surface area contributed by atoms with Crippen LogP contribution in [0.25, 0.3) is 0 Å². The van der Waals surface area contributed by atoms with Gasteiger partial charge in [0.25, 0.3) is 0 Å². The first-order valence-electron chi connectivity index (χ1n) is 0.512. The summed E-state index contributed by atoms with van der Waals surface area (Å²) < 4.78 is 0. The van der Waals surface area contributed by atoms with Crippen LogP contribution in [0.4, 0.5) is 0 Å². The Morgan fingerprint density at radius 2 is 1.75 bits per heavy atom. The van der Waals surface area contributed by atoms with Gasteiger partial charge in [-0.1, -0.05) is 6.42 Å². The van der Waals surface area contributed by atoms with E-state index in [0.29, 0.717) is 0 Å². The van der Waals surface area contributed by atoms with Crippen molar-refractivity contribution in [3.63, 3.8) is 0 Å². The van der Waals surface area contributed by atoms with Crippen molar-refractivity contribution in [2.45, 2.75) is 0 Å². The molecular formula is C2H4CaO. The summed E-state index contributed by atoms with van der Waals surface area (Å²) in [5, 5.41) is 7.10. The maximum atomic E-state index is 7.10. The first-order valence-corrected chi connectivity index (χ1v) is 0.512.